The molecule has 30 heavy (non-hydrogen) atoms. The van der Waals surface area contributed by atoms with E-state index in [4.69, 9.17) is 14.3 Å². The summed E-state index contributed by atoms with van der Waals surface area (Å²) in [7, 11) is 0. The van der Waals surface area contributed by atoms with Gasteiger partial charge in [-0.1, -0.05) is 49.2 Å². The van der Waals surface area contributed by atoms with Crippen molar-refractivity contribution in [1.29, 1.82) is 0 Å². The number of aryl methyl sites for hydroxylation is 1. The van der Waals surface area contributed by atoms with Crippen molar-refractivity contribution in [1.82, 2.24) is 5.32 Å². The van der Waals surface area contributed by atoms with E-state index >= 15 is 0 Å². The van der Waals surface area contributed by atoms with E-state index in [1.165, 1.54) is 11.6 Å². The van der Waals surface area contributed by atoms with Crippen LogP contribution < -0.4 is 5.32 Å². The first-order chi connectivity index (χ1) is 17.1. The minimum atomic E-state index is -2.88. The van der Waals surface area contributed by atoms with E-state index in [9.17, 15) is 15.3 Å². The number of aromatic hydroxyl groups is 1. The van der Waals surface area contributed by atoms with Crippen molar-refractivity contribution in [3.63, 3.8) is 0 Å². The number of nitrogens with one attached hydrogen (secondary N) is 1. The lowest BCUT2D eigenvalue weighted by Crippen LogP contribution is -2.22. The van der Waals surface area contributed by atoms with E-state index in [2.05, 4.69) is 17.4 Å². The van der Waals surface area contributed by atoms with E-state index in [-0.39, 0.29) is 18.4 Å². The van der Waals surface area contributed by atoms with Gasteiger partial charge in [0.25, 0.3) is 0 Å². The zero-order valence-corrected chi connectivity index (χ0v) is 17.2. The smallest absolute Gasteiger partial charge is 0.121 e. The molecule has 0 fully saturated rings. The molecule has 2 aromatic carbocycles. The second kappa shape index (κ2) is 15.0. The lowest BCUT2D eigenvalue weighted by molar-refractivity contribution is 0.126. The van der Waals surface area contributed by atoms with Gasteiger partial charge in [-0.2, -0.15) is 0 Å². The van der Waals surface area contributed by atoms with Crippen molar-refractivity contribution >= 4 is 0 Å². The first-order valence-corrected chi connectivity index (χ1v) is 10.3. The van der Waals surface area contributed by atoms with Gasteiger partial charge in [0.1, 0.15) is 5.75 Å². The molecule has 0 aliphatic rings. The molecule has 0 saturated heterocycles. The Morgan fingerprint density at radius 1 is 1.00 bits per heavy atom. The average molecular weight is 423 g/mol. The topological polar surface area (TPSA) is 82.0 Å². The molecular formula is C25H37NO4. The molecule has 1 atom stereocenters. The highest BCUT2D eigenvalue weighted by Crippen LogP contribution is 2.22. The Balaban J connectivity index is 1.71. The second-order valence-corrected chi connectivity index (χ2v) is 6.96. The zero-order chi connectivity index (χ0) is 27.7. The lowest BCUT2D eigenvalue weighted by atomic mass is 10.1. The van der Waals surface area contributed by atoms with Crippen LogP contribution in [0.25, 0.3) is 0 Å². The van der Waals surface area contributed by atoms with Crippen LogP contribution in [0.3, 0.4) is 0 Å². The minimum absolute atomic E-state index is 0.0102. The minimum Gasteiger partial charge on any atom is -0.508 e. The third-order valence-corrected chi connectivity index (χ3v) is 4.57. The van der Waals surface area contributed by atoms with E-state index < -0.39 is 43.6 Å². The van der Waals surface area contributed by atoms with Crippen LogP contribution in [0.4, 0.5) is 0 Å². The van der Waals surface area contributed by atoms with Crippen molar-refractivity contribution in [2.45, 2.75) is 57.6 Å². The number of hydrogen-bond donors (Lipinski definition) is 4. The summed E-state index contributed by atoms with van der Waals surface area (Å²) in [6.45, 7) is -6.87. The Morgan fingerprint density at radius 2 is 1.80 bits per heavy atom. The van der Waals surface area contributed by atoms with Crippen molar-refractivity contribution < 1.29 is 29.7 Å². The summed E-state index contributed by atoms with van der Waals surface area (Å²) < 4.78 is 60.4. The Bertz CT molecular complexity index is 969. The monoisotopic (exact) mass is 422 g/mol. The number of hydrogen-bond acceptors (Lipinski definition) is 5. The van der Waals surface area contributed by atoms with Gasteiger partial charge in [-0.15, -0.1) is 0 Å². The Labute approximate surface area is 190 Å². The molecule has 0 saturated carbocycles. The van der Waals surface area contributed by atoms with Gasteiger partial charge < -0.3 is 25.4 Å². The normalized spacial score (nSPS) is 18.1. The SMILES string of the molecule is [2H]C([2H])(CCCCC([2H])([2H])OCCCCc1ccccc1)NCC([2H])(O)c1ccc(O)c(C([2H])([2H])O)c1. The summed E-state index contributed by atoms with van der Waals surface area (Å²) in [5, 5.41) is 32.2. The Morgan fingerprint density at radius 3 is 2.60 bits per heavy atom. The molecule has 2 rings (SSSR count). The van der Waals surface area contributed by atoms with Gasteiger partial charge in [-0.05, 0) is 61.9 Å². The van der Waals surface area contributed by atoms with Crippen LogP contribution in [0.2, 0.25) is 0 Å². The predicted molar refractivity (Wildman–Crippen MR) is 121 cm³/mol. The van der Waals surface area contributed by atoms with Crippen LogP contribution in [0.1, 0.15) is 70.9 Å². The zero-order valence-electron chi connectivity index (χ0n) is 24.2. The van der Waals surface area contributed by atoms with Gasteiger partial charge in [-0.3, -0.25) is 0 Å². The molecule has 5 nitrogen and oxygen atoms in total. The molecule has 0 aromatic heterocycles. The maximum Gasteiger partial charge on any atom is 0.121 e. The summed E-state index contributed by atoms with van der Waals surface area (Å²) in [5.41, 5.74) is 0.597. The van der Waals surface area contributed by atoms with Gasteiger partial charge in [0.05, 0.1) is 19.5 Å². The standard InChI is InChI=1S/C25H37NO4/c27-20-23-18-22(13-14-24(23)28)25(29)19-26-15-7-1-2-8-16-30-17-9-6-12-21-10-4-3-5-11-21/h3-5,10-11,13-14,18,25-29H,1-2,6-9,12,15-17,19-20H2/i15D2,16D2,20D2,25D. The van der Waals surface area contributed by atoms with Crippen LogP contribution in [0.15, 0.2) is 48.5 Å². The first kappa shape index (κ1) is 15.8. The van der Waals surface area contributed by atoms with Gasteiger partial charge in [0, 0.05) is 28.0 Å². The van der Waals surface area contributed by atoms with Crippen LogP contribution in [-0.4, -0.2) is 41.5 Å². The van der Waals surface area contributed by atoms with Gasteiger partial charge in [-0.25, -0.2) is 0 Å². The Kier molecular flexibility index (Phi) is 7.89. The molecule has 0 bridgehead atoms. The van der Waals surface area contributed by atoms with E-state index in [0.29, 0.717) is 19.4 Å². The quantitative estimate of drug-likeness (QED) is 0.306. The molecule has 0 amide bonds. The van der Waals surface area contributed by atoms with Crippen molar-refractivity contribution in [3.8, 4) is 5.75 Å². The van der Waals surface area contributed by atoms with E-state index in [0.717, 1.165) is 31.4 Å². The molecule has 2 aromatic rings. The third kappa shape index (κ3) is 9.72. The highest BCUT2D eigenvalue weighted by atomic mass is 16.5. The molecule has 0 aliphatic carbocycles. The third-order valence-electron chi connectivity index (χ3n) is 4.57. The molecule has 0 spiro atoms. The van der Waals surface area contributed by atoms with Crippen LogP contribution >= 0.6 is 0 Å². The molecule has 166 valence electrons. The van der Waals surface area contributed by atoms with E-state index in [1.807, 2.05) is 18.2 Å². The number of ether oxygens (including phenoxy) is 1. The molecular weight excluding hydrogens is 378 g/mol. The number of phenols is 1. The summed E-state index contributed by atoms with van der Waals surface area (Å²) in [4.78, 5) is 0. The lowest BCUT2D eigenvalue weighted by Gasteiger charge is -2.14. The molecule has 1 unspecified atom stereocenters. The van der Waals surface area contributed by atoms with Gasteiger partial charge in [0.2, 0.25) is 0 Å². The first-order valence-electron chi connectivity index (χ1n) is 13.8. The van der Waals surface area contributed by atoms with Gasteiger partial charge in [0.15, 0.2) is 0 Å². The van der Waals surface area contributed by atoms with Crippen LogP contribution in [0, 0.1) is 0 Å². The second-order valence-electron chi connectivity index (χ2n) is 6.96. The fraction of sp³-hybridized carbons (Fsp3) is 0.520. The summed E-state index contributed by atoms with van der Waals surface area (Å²) in [6.07, 6.45) is 1.05. The maximum absolute atomic E-state index is 10.5. The molecule has 0 aliphatic heterocycles. The van der Waals surface area contributed by atoms with Crippen LogP contribution in [-0.2, 0) is 17.7 Å². The number of rotatable bonds is 16. The molecule has 4 N–H and O–H groups in total. The number of benzene rings is 2. The maximum atomic E-state index is 10.5. The predicted octanol–water partition coefficient (Wildman–Crippen LogP) is 4.11. The Hall–Kier alpha value is -1.92. The summed E-state index contributed by atoms with van der Waals surface area (Å²) >= 11 is 0. The fourth-order valence-corrected chi connectivity index (χ4v) is 2.84. The fourth-order valence-electron chi connectivity index (χ4n) is 2.84. The largest absolute Gasteiger partial charge is 0.508 e. The number of unbranched alkanes of at least 4 members (excludes halogenated alkanes) is 2. The number of aliphatic hydroxyl groups is 2. The van der Waals surface area contributed by atoms with Gasteiger partial charge >= 0.3 is 0 Å². The highest BCUT2D eigenvalue weighted by molar-refractivity contribution is 5.36. The van der Waals surface area contributed by atoms with Crippen molar-refractivity contribution in [2.24, 2.45) is 0 Å². The van der Waals surface area contributed by atoms with Crippen molar-refractivity contribution in [3.05, 3.63) is 65.2 Å². The average Bonchev–Trinajstić information content (AvgIpc) is 2.81. The highest BCUT2D eigenvalue weighted by Gasteiger charge is 2.09. The molecule has 0 radical (unpaired) electrons. The van der Waals surface area contributed by atoms with E-state index in [1.54, 1.807) is 0 Å². The van der Waals surface area contributed by atoms with Crippen molar-refractivity contribution in [2.75, 3.05) is 26.2 Å². The van der Waals surface area contributed by atoms with Crippen LogP contribution in [0.5, 0.6) is 5.75 Å². The summed E-state index contributed by atoms with van der Waals surface area (Å²) in [5.74, 6) is -0.536. The molecule has 5 heteroatoms. The molecule has 0 heterocycles. The summed E-state index contributed by atoms with van der Waals surface area (Å²) in [6, 6.07) is 13.3.